The van der Waals surface area contributed by atoms with Crippen molar-refractivity contribution in [3.05, 3.63) is 86.5 Å². The largest absolute Gasteiger partial charge is 0.507 e. The molecule has 7 heteroatoms. The molecular formula is C39H52O7. The number of carboxylic acids is 2. The Morgan fingerprint density at radius 1 is 0.522 bits per heavy atom. The zero-order chi connectivity index (χ0) is 35.2. The highest BCUT2D eigenvalue weighted by molar-refractivity contribution is 5.92. The zero-order valence-corrected chi connectivity index (χ0v) is 29.3. The first-order valence-electron chi connectivity index (χ1n) is 15.8. The average Bonchev–Trinajstić information content (AvgIpc) is 2.85. The highest BCUT2D eigenvalue weighted by atomic mass is 16.4. The normalized spacial score (nSPS) is 12.8. The summed E-state index contributed by atoms with van der Waals surface area (Å²) in [6.07, 6.45) is 1.68. The number of aryl methyl sites for hydroxylation is 1. The third-order valence-electron chi connectivity index (χ3n) is 8.52. The molecule has 5 N–H and O–H groups in total. The lowest BCUT2D eigenvalue weighted by Gasteiger charge is -2.33. The second-order valence-corrected chi connectivity index (χ2v) is 16.7. The summed E-state index contributed by atoms with van der Waals surface area (Å²) in [5, 5.41) is 53.5. The molecule has 0 aliphatic heterocycles. The van der Waals surface area contributed by atoms with Crippen LogP contribution in [-0.2, 0) is 23.7 Å². The molecule has 0 aromatic heterocycles. The Labute approximate surface area is 274 Å². The van der Waals surface area contributed by atoms with Gasteiger partial charge in [-0.3, -0.25) is 0 Å². The molecule has 0 unspecified atom stereocenters. The van der Waals surface area contributed by atoms with Gasteiger partial charge >= 0.3 is 11.9 Å². The Kier molecular flexibility index (Phi) is 10.0. The Balaban J connectivity index is 2.15. The standard InChI is InChI=1S/C39H52O7/c1-22-12-23(14-25-16-27(18-29(32(25)41)34(43)44)38(8,9)20-36(2,3)4)31(40)24(13-22)15-26-17-28(19-30(33(26)42)35(45)46)39(10,11)21-37(5,6)7/h12-13,16-19,40-42H,14-15,20-21H2,1-11H3,(H,43,44)(H,45,46). The number of phenolic OH excluding ortho intramolecular Hbond substituents is 1. The van der Waals surface area contributed by atoms with Crippen LogP contribution in [0.1, 0.15) is 142 Å². The fourth-order valence-electron chi connectivity index (χ4n) is 7.24. The van der Waals surface area contributed by atoms with E-state index in [2.05, 4.69) is 69.2 Å². The number of benzene rings is 3. The van der Waals surface area contributed by atoms with E-state index in [1.54, 1.807) is 12.1 Å². The van der Waals surface area contributed by atoms with Gasteiger partial charge in [0.05, 0.1) is 0 Å². The smallest absolute Gasteiger partial charge is 0.339 e. The van der Waals surface area contributed by atoms with Crippen LogP contribution < -0.4 is 0 Å². The maximum atomic E-state index is 12.2. The summed E-state index contributed by atoms with van der Waals surface area (Å²) in [5.41, 5.74) is 2.87. The lowest BCUT2D eigenvalue weighted by molar-refractivity contribution is 0.0682. The van der Waals surface area contributed by atoms with Crippen molar-refractivity contribution in [2.24, 2.45) is 10.8 Å². The quantitative estimate of drug-likeness (QED) is 0.150. The maximum Gasteiger partial charge on any atom is 0.339 e. The minimum absolute atomic E-state index is 0.0278. The molecule has 7 nitrogen and oxygen atoms in total. The van der Waals surface area contributed by atoms with E-state index in [0.29, 0.717) is 22.3 Å². The van der Waals surface area contributed by atoms with E-state index < -0.39 is 22.8 Å². The van der Waals surface area contributed by atoms with E-state index in [4.69, 9.17) is 0 Å². The summed E-state index contributed by atoms with van der Waals surface area (Å²) in [4.78, 5) is 24.4. The highest BCUT2D eigenvalue weighted by Crippen LogP contribution is 2.42. The zero-order valence-electron chi connectivity index (χ0n) is 29.3. The summed E-state index contributed by atoms with van der Waals surface area (Å²) >= 11 is 0. The molecule has 0 atom stereocenters. The van der Waals surface area contributed by atoms with Crippen LogP contribution in [0.2, 0.25) is 0 Å². The number of hydrogen-bond acceptors (Lipinski definition) is 5. The molecule has 0 saturated carbocycles. The minimum Gasteiger partial charge on any atom is -0.507 e. The summed E-state index contributed by atoms with van der Waals surface area (Å²) in [6, 6.07) is 10.3. The first-order chi connectivity index (χ1) is 20.8. The van der Waals surface area contributed by atoms with Crippen LogP contribution in [0, 0.1) is 17.8 Å². The minimum atomic E-state index is -1.24. The summed E-state index contributed by atoms with van der Waals surface area (Å²) in [5.74, 6) is -3.22. The van der Waals surface area contributed by atoms with Crippen LogP contribution in [0.25, 0.3) is 0 Å². The topological polar surface area (TPSA) is 135 Å². The number of aromatic hydroxyl groups is 3. The Morgan fingerprint density at radius 3 is 1.11 bits per heavy atom. The van der Waals surface area contributed by atoms with Crippen LogP contribution in [0.15, 0.2) is 36.4 Å². The predicted octanol–water partition coefficient (Wildman–Crippen LogP) is 9.12. The molecule has 3 aromatic rings. The van der Waals surface area contributed by atoms with Gasteiger partial charge in [-0.1, -0.05) is 99.1 Å². The van der Waals surface area contributed by atoms with Gasteiger partial charge in [0.25, 0.3) is 0 Å². The Hall–Kier alpha value is -4.00. The summed E-state index contributed by atoms with van der Waals surface area (Å²) < 4.78 is 0. The maximum absolute atomic E-state index is 12.2. The first-order valence-corrected chi connectivity index (χ1v) is 15.8. The number of hydrogen-bond donors (Lipinski definition) is 5. The van der Waals surface area contributed by atoms with Crippen molar-refractivity contribution in [3.63, 3.8) is 0 Å². The molecule has 0 radical (unpaired) electrons. The lowest BCUT2D eigenvalue weighted by Crippen LogP contribution is -2.25. The van der Waals surface area contributed by atoms with Crippen LogP contribution in [0.3, 0.4) is 0 Å². The van der Waals surface area contributed by atoms with Crippen molar-refractivity contribution in [2.75, 3.05) is 0 Å². The second kappa shape index (κ2) is 12.7. The van der Waals surface area contributed by atoms with Gasteiger partial charge in [0, 0.05) is 12.8 Å². The molecule has 0 aliphatic rings. The van der Waals surface area contributed by atoms with Crippen molar-refractivity contribution in [1.82, 2.24) is 0 Å². The molecule has 0 bridgehead atoms. The van der Waals surface area contributed by atoms with Crippen LogP contribution >= 0.6 is 0 Å². The number of rotatable bonds is 10. The molecule has 250 valence electrons. The molecule has 0 fully saturated rings. The number of carboxylic acid groups (broad SMARTS) is 2. The van der Waals surface area contributed by atoms with Gasteiger partial charge in [0.2, 0.25) is 0 Å². The van der Waals surface area contributed by atoms with Crippen molar-refractivity contribution < 1.29 is 35.1 Å². The fourth-order valence-corrected chi connectivity index (χ4v) is 7.24. The summed E-state index contributed by atoms with van der Waals surface area (Å²) in [6.45, 7) is 22.8. The van der Waals surface area contributed by atoms with Crippen molar-refractivity contribution in [3.8, 4) is 17.2 Å². The van der Waals surface area contributed by atoms with E-state index in [-0.39, 0.29) is 52.0 Å². The third kappa shape index (κ3) is 8.62. The Bertz CT molecular complexity index is 1530. The predicted molar refractivity (Wildman–Crippen MR) is 183 cm³/mol. The SMILES string of the molecule is Cc1cc(Cc2cc(C(C)(C)CC(C)(C)C)cc(C(=O)O)c2O)c(O)c(Cc2cc(C(C)(C)CC(C)(C)C)cc(C(=O)O)c2O)c1. The van der Waals surface area contributed by atoms with Crippen LogP contribution in [-0.4, -0.2) is 37.5 Å². The number of aromatic carboxylic acids is 2. The molecular weight excluding hydrogens is 580 g/mol. The van der Waals surface area contributed by atoms with Gasteiger partial charge in [0.15, 0.2) is 0 Å². The van der Waals surface area contributed by atoms with Gasteiger partial charge < -0.3 is 25.5 Å². The van der Waals surface area contributed by atoms with Gasteiger partial charge in [-0.25, -0.2) is 9.59 Å². The number of phenols is 3. The molecule has 3 rings (SSSR count). The molecule has 3 aromatic carbocycles. The summed E-state index contributed by atoms with van der Waals surface area (Å²) in [7, 11) is 0. The molecule has 46 heavy (non-hydrogen) atoms. The van der Waals surface area contributed by atoms with Gasteiger partial charge in [0.1, 0.15) is 28.4 Å². The number of carbonyl (C=O) groups is 2. The molecule has 0 saturated heterocycles. The second-order valence-electron chi connectivity index (χ2n) is 16.7. The third-order valence-corrected chi connectivity index (χ3v) is 8.52. The Morgan fingerprint density at radius 2 is 0.826 bits per heavy atom. The van der Waals surface area contributed by atoms with E-state index in [1.165, 1.54) is 12.1 Å². The van der Waals surface area contributed by atoms with Gasteiger partial charge in [-0.15, -0.1) is 0 Å². The van der Waals surface area contributed by atoms with E-state index in [1.807, 2.05) is 19.1 Å². The van der Waals surface area contributed by atoms with Crippen LogP contribution in [0.5, 0.6) is 17.2 Å². The first kappa shape index (κ1) is 36.5. The van der Waals surface area contributed by atoms with Crippen molar-refractivity contribution in [1.29, 1.82) is 0 Å². The monoisotopic (exact) mass is 632 g/mol. The van der Waals surface area contributed by atoms with Gasteiger partial charge in [-0.2, -0.15) is 0 Å². The highest BCUT2D eigenvalue weighted by Gasteiger charge is 2.32. The van der Waals surface area contributed by atoms with Gasteiger partial charge in [-0.05, 0) is 86.9 Å². The van der Waals surface area contributed by atoms with Crippen molar-refractivity contribution in [2.45, 2.75) is 113 Å². The van der Waals surface area contributed by atoms with E-state index in [9.17, 15) is 35.1 Å². The van der Waals surface area contributed by atoms with Crippen LogP contribution in [0.4, 0.5) is 0 Å². The molecule has 0 aliphatic carbocycles. The van der Waals surface area contributed by atoms with Crippen molar-refractivity contribution >= 4 is 11.9 Å². The average molecular weight is 633 g/mol. The molecule has 0 amide bonds. The molecule has 0 heterocycles. The van der Waals surface area contributed by atoms with E-state index in [0.717, 1.165) is 29.5 Å². The fraction of sp³-hybridized carbons (Fsp3) is 0.487. The molecule has 0 spiro atoms. The lowest BCUT2D eigenvalue weighted by atomic mass is 9.71. The van der Waals surface area contributed by atoms with E-state index >= 15 is 0 Å².